The fourth-order valence-corrected chi connectivity index (χ4v) is 5.82. The third-order valence-corrected chi connectivity index (χ3v) is 8.33. The minimum absolute atomic E-state index is 0.591. The molecule has 0 aliphatic heterocycles. The van der Waals surface area contributed by atoms with E-state index in [9.17, 15) is 0 Å². The molecule has 0 aliphatic carbocycles. The van der Waals surface area contributed by atoms with Gasteiger partial charge in [0.15, 0.2) is 0 Å². The first-order chi connectivity index (χ1) is 17.7. The Morgan fingerprint density at radius 3 is 1.33 bits per heavy atom. The normalized spacial score (nSPS) is 13.3. The molecule has 212 valence electrons. The molecule has 0 aromatic carbocycles. The maximum atomic E-state index is 4.95. The molecule has 1 rings (SSSR count). The van der Waals surface area contributed by atoms with Crippen molar-refractivity contribution in [1.29, 1.82) is 0 Å². The summed E-state index contributed by atoms with van der Waals surface area (Å²) in [5.74, 6) is 2.06. The first kappa shape index (κ1) is 33.2. The summed E-state index contributed by atoms with van der Waals surface area (Å²) < 4.78 is 2.56. The zero-order valence-corrected chi connectivity index (χ0v) is 25.4. The quantitative estimate of drug-likeness (QED) is 0.109. The second-order valence-electron chi connectivity index (χ2n) is 11.8. The molecule has 1 aromatic rings. The van der Waals surface area contributed by atoms with E-state index in [0.29, 0.717) is 12.0 Å². The molecular formula is C34H66N2. The zero-order valence-electron chi connectivity index (χ0n) is 25.4. The first-order valence-electron chi connectivity index (χ1n) is 16.8. The number of aromatic nitrogens is 2. The molecule has 1 heterocycles. The average Bonchev–Trinajstić information content (AvgIpc) is 3.38. The number of hydrogen-bond donors (Lipinski definition) is 0. The van der Waals surface area contributed by atoms with Crippen molar-refractivity contribution in [3.8, 4) is 0 Å². The van der Waals surface area contributed by atoms with Crippen LogP contribution in [-0.2, 0) is 0 Å². The summed E-state index contributed by atoms with van der Waals surface area (Å²) >= 11 is 0. The van der Waals surface area contributed by atoms with Gasteiger partial charge in [-0.3, -0.25) is 0 Å². The molecule has 0 N–H and O–H groups in total. The highest BCUT2D eigenvalue weighted by atomic mass is 15.1. The van der Waals surface area contributed by atoms with Crippen molar-refractivity contribution in [2.75, 3.05) is 0 Å². The maximum absolute atomic E-state index is 4.95. The molecule has 2 heteroatoms. The third kappa shape index (κ3) is 16.9. The first-order valence-corrected chi connectivity index (χ1v) is 16.8. The van der Waals surface area contributed by atoms with E-state index in [4.69, 9.17) is 4.98 Å². The topological polar surface area (TPSA) is 17.8 Å². The highest BCUT2D eigenvalue weighted by Gasteiger charge is 2.19. The lowest BCUT2D eigenvalue weighted by Gasteiger charge is -2.22. The van der Waals surface area contributed by atoms with Gasteiger partial charge in [0.1, 0.15) is 5.82 Å². The Labute approximate surface area is 227 Å². The van der Waals surface area contributed by atoms with E-state index in [2.05, 4.69) is 44.7 Å². The van der Waals surface area contributed by atoms with Crippen molar-refractivity contribution in [2.24, 2.45) is 0 Å². The van der Waals surface area contributed by atoms with E-state index in [1.165, 1.54) is 166 Å². The van der Waals surface area contributed by atoms with Crippen molar-refractivity contribution >= 4 is 0 Å². The molecule has 0 radical (unpaired) electrons. The molecule has 0 bridgehead atoms. The minimum Gasteiger partial charge on any atom is -0.332 e. The number of rotatable bonds is 27. The Morgan fingerprint density at radius 2 is 0.889 bits per heavy atom. The van der Waals surface area contributed by atoms with Crippen LogP contribution < -0.4 is 0 Å². The Kier molecular flexibility index (Phi) is 22.7. The molecule has 1 aromatic heterocycles. The van der Waals surface area contributed by atoms with Crippen LogP contribution in [0.25, 0.3) is 0 Å². The van der Waals surface area contributed by atoms with Crippen LogP contribution >= 0.6 is 0 Å². The lowest BCUT2D eigenvalue weighted by Crippen LogP contribution is -2.13. The van der Waals surface area contributed by atoms with Crippen LogP contribution in [0.15, 0.2) is 12.4 Å². The number of hydrogen-bond acceptors (Lipinski definition) is 1. The zero-order chi connectivity index (χ0) is 26.1. The van der Waals surface area contributed by atoms with Gasteiger partial charge in [0.05, 0.1) is 0 Å². The molecular weight excluding hydrogens is 436 g/mol. The predicted molar refractivity (Wildman–Crippen MR) is 162 cm³/mol. The largest absolute Gasteiger partial charge is 0.332 e. The predicted octanol–water partition coefficient (Wildman–Crippen LogP) is 12.3. The summed E-state index contributed by atoms with van der Waals surface area (Å²) in [5, 5.41) is 0. The second kappa shape index (κ2) is 24.5. The van der Waals surface area contributed by atoms with Crippen LogP contribution in [0.1, 0.15) is 206 Å². The van der Waals surface area contributed by atoms with E-state index >= 15 is 0 Å². The lowest BCUT2D eigenvalue weighted by molar-refractivity contribution is 0.413. The van der Waals surface area contributed by atoms with Gasteiger partial charge in [-0.05, 0) is 26.2 Å². The van der Waals surface area contributed by atoms with Gasteiger partial charge in [-0.25, -0.2) is 4.98 Å². The van der Waals surface area contributed by atoms with E-state index in [0.717, 1.165) is 0 Å². The van der Waals surface area contributed by atoms with Gasteiger partial charge < -0.3 is 4.57 Å². The smallest absolute Gasteiger partial charge is 0.111 e. The summed E-state index contributed by atoms with van der Waals surface area (Å²) in [6.45, 7) is 9.37. The number of unbranched alkanes of at least 4 members (excludes halogenated alkanes) is 19. The Bertz CT molecular complexity index is 563. The molecule has 0 fully saturated rings. The van der Waals surface area contributed by atoms with Gasteiger partial charge in [0.2, 0.25) is 0 Å². The summed E-state index contributed by atoms with van der Waals surface area (Å²) in [7, 11) is 0. The number of nitrogens with zero attached hydrogens (tertiary/aromatic N) is 2. The summed E-state index contributed by atoms with van der Waals surface area (Å²) in [6.07, 6.45) is 39.3. The van der Waals surface area contributed by atoms with Crippen molar-refractivity contribution in [1.82, 2.24) is 9.55 Å². The molecule has 0 saturated carbocycles. The average molecular weight is 503 g/mol. The summed E-state index contributed by atoms with van der Waals surface area (Å²) in [6, 6.07) is 0.591. The molecule has 0 spiro atoms. The highest BCUT2D eigenvalue weighted by Crippen LogP contribution is 2.30. The van der Waals surface area contributed by atoms with Crippen molar-refractivity contribution in [3.05, 3.63) is 18.2 Å². The third-order valence-electron chi connectivity index (χ3n) is 8.33. The van der Waals surface area contributed by atoms with Gasteiger partial charge in [0, 0.05) is 24.4 Å². The van der Waals surface area contributed by atoms with Gasteiger partial charge >= 0.3 is 0 Å². The van der Waals surface area contributed by atoms with Crippen LogP contribution in [0.5, 0.6) is 0 Å². The summed E-state index contributed by atoms with van der Waals surface area (Å²) in [5.41, 5.74) is 0. The minimum atomic E-state index is 0.591. The van der Waals surface area contributed by atoms with Crippen LogP contribution in [0.4, 0.5) is 0 Å². The standard InChI is InChI=1S/C34H66N2/c1-5-8-11-14-16-18-19-20-22-24-27-32(4)36-31-30-35-34(36)33(28-25-13-10-7-3)29-26-23-21-17-15-12-9-6-2/h30-33H,5-29H2,1-4H3. The van der Waals surface area contributed by atoms with Crippen molar-refractivity contribution < 1.29 is 0 Å². The molecule has 2 atom stereocenters. The maximum Gasteiger partial charge on any atom is 0.111 e. The van der Waals surface area contributed by atoms with Crippen LogP contribution in [0.2, 0.25) is 0 Å². The van der Waals surface area contributed by atoms with Crippen molar-refractivity contribution in [3.63, 3.8) is 0 Å². The Balaban J connectivity index is 2.40. The van der Waals surface area contributed by atoms with Gasteiger partial charge in [0.25, 0.3) is 0 Å². The lowest BCUT2D eigenvalue weighted by atomic mass is 9.93. The molecule has 36 heavy (non-hydrogen) atoms. The van der Waals surface area contributed by atoms with Crippen LogP contribution in [0, 0.1) is 0 Å². The highest BCUT2D eigenvalue weighted by molar-refractivity contribution is 5.02. The van der Waals surface area contributed by atoms with E-state index < -0.39 is 0 Å². The second-order valence-corrected chi connectivity index (χ2v) is 11.8. The summed E-state index contributed by atoms with van der Waals surface area (Å²) in [4.78, 5) is 4.95. The van der Waals surface area contributed by atoms with Crippen LogP contribution in [0.3, 0.4) is 0 Å². The van der Waals surface area contributed by atoms with E-state index in [-0.39, 0.29) is 0 Å². The molecule has 0 amide bonds. The molecule has 0 aliphatic rings. The van der Waals surface area contributed by atoms with E-state index in [1.54, 1.807) is 0 Å². The monoisotopic (exact) mass is 503 g/mol. The molecule has 2 unspecified atom stereocenters. The van der Waals surface area contributed by atoms with E-state index in [1.807, 2.05) is 0 Å². The van der Waals surface area contributed by atoms with Crippen LogP contribution in [-0.4, -0.2) is 9.55 Å². The van der Waals surface area contributed by atoms with Gasteiger partial charge in [-0.15, -0.1) is 0 Å². The fourth-order valence-electron chi connectivity index (χ4n) is 5.82. The molecule has 2 nitrogen and oxygen atoms in total. The van der Waals surface area contributed by atoms with Gasteiger partial charge in [-0.2, -0.15) is 0 Å². The Morgan fingerprint density at radius 1 is 0.528 bits per heavy atom. The SMILES string of the molecule is CCCCCCCCCCCCC(C)n1ccnc1C(CCCCCC)CCCCCCCCCC. The molecule has 0 saturated heterocycles. The Hall–Kier alpha value is -0.790. The fraction of sp³-hybridized carbons (Fsp3) is 0.912. The van der Waals surface area contributed by atoms with Crippen molar-refractivity contribution in [2.45, 2.75) is 200 Å². The number of imidazole rings is 1. The van der Waals surface area contributed by atoms with Gasteiger partial charge in [-0.1, -0.05) is 162 Å².